The first-order valence-corrected chi connectivity index (χ1v) is 7.46. The zero-order valence-corrected chi connectivity index (χ0v) is 12.8. The van der Waals surface area contributed by atoms with Gasteiger partial charge in [0.1, 0.15) is 21.5 Å². The zero-order chi connectivity index (χ0) is 14.9. The van der Waals surface area contributed by atoms with Crippen LogP contribution in [0.5, 0.6) is 0 Å². The summed E-state index contributed by atoms with van der Waals surface area (Å²) >= 11 is 1.28. The fourth-order valence-electron chi connectivity index (χ4n) is 2.55. The van der Waals surface area contributed by atoms with E-state index in [-0.39, 0.29) is 5.69 Å². The van der Waals surface area contributed by atoms with Crippen molar-refractivity contribution in [1.29, 1.82) is 5.26 Å². The number of methoxy groups -OCH3 is 1. The Hall–Kier alpha value is -1.74. The van der Waals surface area contributed by atoms with Crippen molar-refractivity contribution in [1.82, 2.24) is 0 Å². The second kappa shape index (κ2) is 5.71. The van der Waals surface area contributed by atoms with Crippen LogP contribution in [0.2, 0.25) is 0 Å². The molecule has 0 bridgehead atoms. The quantitative estimate of drug-likeness (QED) is 0.866. The summed E-state index contributed by atoms with van der Waals surface area (Å²) in [6.07, 6.45) is 1.10. The third-order valence-electron chi connectivity index (χ3n) is 3.87. The van der Waals surface area contributed by atoms with Crippen LogP contribution in [-0.4, -0.2) is 26.2 Å². The lowest BCUT2D eigenvalue weighted by Crippen LogP contribution is -2.22. The van der Waals surface area contributed by atoms with Gasteiger partial charge in [0, 0.05) is 13.1 Å². The van der Waals surface area contributed by atoms with Gasteiger partial charge in [-0.3, -0.25) is 0 Å². The normalized spacial score (nSPS) is 18.4. The molecule has 1 saturated heterocycles. The molecule has 108 valence electrons. The van der Waals surface area contributed by atoms with Crippen molar-refractivity contribution in [3.8, 4) is 6.07 Å². The molecular formula is C14H19N3O2S. The molecule has 1 aliphatic rings. The Labute approximate surface area is 122 Å². The molecule has 2 N–H and O–H groups in total. The number of ether oxygens (including phenoxy) is 1. The van der Waals surface area contributed by atoms with Crippen molar-refractivity contribution in [3.63, 3.8) is 0 Å². The highest BCUT2D eigenvalue weighted by Gasteiger charge is 2.31. The topological polar surface area (TPSA) is 79.3 Å². The third-order valence-corrected chi connectivity index (χ3v) is 5.04. The molecule has 1 atom stereocenters. The largest absolute Gasteiger partial charge is 0.465 e. The van der Waals surface area contributed by atoms with Crippen LogP contribution in [0.1, 0.15) is 35.5 Å². The van der Waals surface area contributed by atoms with Gasteiger partial charge in [-0.15, -0.1) is 11.3 Å². The Morgan fingerprint density at radius 1 is 1.60 bits per heavy atom. The van der Waals surface area contributed by atoms with Crippen LogP contribution in [0.4, 0.5) is 10.7 Å². The number of thiophene rings is 1. The average Bonchev–Trinajstić information content (AvgIpc) is 3.02. The summed E-state index contributed by atoms with van der Waals surface area (Å²) in [5.41, 5.74) is 6.50. The number of hydrogen-bond donors (Lipinski definition) is 1. The summed E-state index contributed by atoms with van der Waals surface area (Å²) in [5.74, 6) is 0.743. The Balaban J connectivity index is 2.37. The van der Waals surface area contributed by atoms with Gasteiger partial charge in [-0.05, 0) is 18.3 Å². The molecule has 6 heteroatoms. The highest BCUT2D eigenvalue weighted by Crippen LogP contribution is 2.41. The number of esters is 1. The van der Waals surface area contributed by atoms with Gasteiger partial charge in [-0.25, -0.2) is 4.79 Å². The zero-order valence-electron chi connectivity index (χ0n) is 12.0. The lowest BCUT2D eigenvalue weighted by molar-refractivity contribution is 0.0603. The maximum absolute atomic E-state index is 11.9. The first-order valence-electron chi connectivity index (χ1n) is 6.65. The lowest BCUT2D eigenvalue weighted by Gasteiger charge is -2.19. The van der Waals surface area contributed by atoms with E-state index in [4.69, 9.17) is 15.7 Å². The molecule has 2 heterocycles. The predicted molar refractivity (Wildman–Crippen MR) is 79.9 cm³/mol. The Bertz CT molecular complexity index is 560. The Morgan fingerprint density at radius 2 is 2.30 bits per heavy atom. The minimum Gasteiger partial charge on any atom is -0.465 e. The van der Waals surface area contributed by atoms with Crippen LogP contribution in [0.3, 0.4) is 0 Å². The van der Waals surface area contributed by atoms with Gasteiger partial charge >= 0.3 is 5.97 Å². The van der Waals surface area contributed by atoms with E-state index >= 15 is 0 Å². The molecule has 1 aromatic heterocycles. The first-order chi connectivity index (χ1) is 9.49. The standard InChI is InChI=1S/C14H19N3O2S/c1-8(2)9-4-5-17(7-9)13-11(14(18)19-3)12(16)10(6-15)20-13/h8-9H,4-5,7,16H2,1-3H3. The molecule has 1 unspecified atom stereocenters. The Morgan fingerprint density at radius 3 is 2.80 bits per heavy atom. The van der Waals surface area contributed by atoms with E-state index in [2.05, 4.69) is 24.8 Å². The van der Waals surface area contributed by atoms with Crippen LogP contribution in [-0.2, 0) is 4.74 Å². The van der Waals surface area contributed by atoms with Gasteiger partial charge in [0.25, 0.3) is 0 Å². The fourth-order valence-corrected chi connectivity index (χ4v) is 3.59. The van der Waals surface area contributed by atoms with Crippen molar-refractivity contribution in [3.05, 3.63) is 10.4 Å². The summed E-state index contributed by atoms with van der Waals surface area (Å²) in [5, 5.41) is 9.88. The van der Waals surface area contributed by atoms with Crippen LogP contribution < -0.4 is 10.6 Å². The smallest absolute Gasteiger partial charge is 0.343 e. The summed E-state index contributed by atoms with van der Waals surface area (Å²) in [6, 6.07) is 2.05. The van der Waals surface area contributed by atoms with Gasteiger partial charge in [0.15, 0.2) is 0 Å². The molecule has 0 aliphatic carbocycles. The van der Waals surface area contributed by atoms with Gasteiger partial charge in [-0.2, -0.15) is 5.26 Å². The van der Waals surface area contributed by atoms with Gasteiger partial charge in [0.05, 0.1) is 12.8 Å². The molecule has 0 aromatic carbocycles. The molecule has 0 radical (unpaired) electrons. The molecule has 5 nitrogen and oxygen atoms in total. The summed E-state index contributed by atoms with van der Waals surface area (Å²) in [7, 11) is 1.33. The fraction of sp³-hybridized carbons (Fsp3) is 0.571. The third kappa shape index (κ3) is 2.46. The van der Waals surface area contributed by atoms with Crippen LogP contribution >= 0.6 is 11.3 Å². The number of hydrogen-bond acceptors (Lipinski definition) is 6. The molecular weight excluding hydrogens is 274 g/mol. The summed E-state index contributed by atoms with van der Waals surface area (Å²) in [4.78, 5) is 14.5. The average molecular weight is 293 g/mol. The van der Waals surface area contributed by atoms with Crippen LogP contribution in [0.15, 0.2) is 0 Å². The number of carbonyl (C=O) groups excluding carboxylic acids is 1. The van der Waals surface area contributed by atoms with E-state index in [1.54, 1.807) is 0 Å². The minimum atomic E-state index is -0.469. The van der Waals surface area contributed by atoms with E-state index in [1.807, 2.05) is 0 Å². The first kappa shape index (κ1) is 14.7. The SMILES string of the molecule is COC(=O)c1c(N2CCC(C(C)C)C2)sc(C#N)c1N. The van der Waals surface area contributed by atoms with Crippen molar-refractivity contribution in [2.45, 2.75) is 20.3 Å². The molecule has 0 amide bonds. The molecule has 0 saturated carbocycles. The van der Waals surface area contributed by atoms with E-state index in [0.29, 0.717) is 22.3 Å². The number of rotatable bonds is 3. The number of nitrogen functional groups attached to an aromatic ring is 1. The monoisotopic (exact) mass is 293 g/mol. The minimum absolute atomic E-state index is 0.243. The lowest BCUT2D eigenvalue weighted by atomic mass is 9.95. The number of nitrogens with two attached hydrogens (primary N) is 1. The molecule has 1 aromatic rings. The maximum Gasteiger partial charge on any atom is 0.343 e. The predicted octanol–water partition coefficient (Wildman–Crippen LogP) is 2.47. The number of nitrogens with zero attached hydrogens (tertiary/aromatic N) is 2. The van der Waals surface area contributed by atoms with Gasteiger partial charge in [0.2, 0.25) is 0 Å². The summed E-state index contributed by atoms with van der Waals surface area (Å²) in [6.45, 7) is 6.20. The number of anilines is 2. The second-order valence-corrected chi connectivity index (χ2v) is 6.37. The molecule has 1 aliphatic heterocycles. The molecule has 1 fully saturated rings. The van der Waals surface area contributed by atoms with E-state index < -0.39 is 5.97 Å². The molecule has 20 heavy (non-hydrogen) atoms. The van der Waals surface area contributed by atoms with Crippen molar-refractivity contribution >= 4 is 28.0 Å². The molecule has 0 spiro atoms. The van der Waals surface area contributed by atoms with E-state index in [1.165, 1.54) is 18.4 Å². The van der Waals surface area contributed by atoms with E-state index in [9.17, 15) is 4.79 Å². The Kier molecular flexibility index (Phi) is 4.19. The number of carbonyl (C=O) groups is 1. The van der Waals surface area contributed by atoms with Crippen LogP contribution in [0.25, 0.3) is 0 Å². The van der Waals surface area contributed by atoms with E-state index in [0.717, 1.165) is 24.5 Å². The van der Waals surface area contributed by atoms with Gasteiger partial charge < -0.3 is 15.4 Å². The number of nitriles is 1. The van der Waals surface area contributed by atoms with Crippen LogP contribution in [0, 0.1) is 23.2 Å². The highest BCUT2D eigenvalue weighted by molar-refractivity contribution is 7.17. The van der Waals surface area contributed by atoms with Crippen molar-refractivity contribution < 1.29 is 9.53 Å². The van der Waals surface area contributed by atoms with Gasteiger partial charge in [-0.1, -0.05) is 13.8 Å². The maximum atomic E-state index is 11.9. The van der Waals surface area contributed by atoms with Crippen molar-refractivity contribution in [2.75, 3.05) is 30.8 Å². The second-order valence-electron chi connectivity index (χ2n) is 5.37. The summed E-state index contributed by atoms with van der Waals surface area (Å²) < 4.78 is 4.80. The highest BCUT2D eigenvalue weighted by atomic mass is 32.1. The van der Waals surface area contributed by atoms with Crippen molar-refractivity contribution in [2.24, 2.45) is 11.8 Å². The molecule has 2 rings (SSSR count).